The molecule has 94 valence electrons. The summed E-state index contributed by atoms with van der Waals surface area (Å²) in [4.78, 5) is 11.2. The van der Waals surface area contributed by atoms with Crippen molar-refractivity contribution in [3.05, 3.63) is 34.7 Å². The SMILES string of the molecule is COc1ccc(-c2csc(N)c2C(=O)O)cc1C. The number of ether oxygens (including phenoxy) is 1. The van der Waals surface area contributed by atoms with Crippen molar-refractivity contribution in [1.82, 2.24) is 0 Å². The van der Waals surface area contributed by atoms with E-state index in [-0.39, 0.29) is 5.56 Å². The zero-order valence-electron chi connectivity index (χ0n) is 10.1. The van der Waals surface area contributed by atoms with Crippen molar-refractivity contribution in [2.75, 3.05) is 12.8 Å². The Morgan fingerprint density at radius 3 is 2.72 bits per heavy atom. The molecule has 0 fully saturated rings. The smallest absolute Gasteiger partial charge is 0.339 e. The van der Waals surface area contributed by atoms with Gasteiger partial charge < -0.3 is 15.6 Å². The molecule has 2 aromatic rings. The summed E-state index contributed by atoms with van der Waals surface area (Å²) in [6.45, 7) is 1.92. The van der Waals surface area contributed by atoms with Crippen LogP contribution in [0, 0.1) is 6.92 Å². The predicted octanol–water partition coefficient (Wildman–Crippen LogP) is 3.01. The van der Waals surface area contributed by atoms with Gasteiger partial charge in [0.05, 0.1) is 7.11 Å². The first-order valence-electron chi connectivity index (χ1n) is 5.30. The van der Waals surface area contributed by atoms with E-state index in [1.54, 1.807) is 12.5 Å². The van der Waals surface area contributed by atoms with Crippen LogP contribution in [0.25, 0.3) is 11.1 Å². The number of aromatic carboxylic acids is 1. The fraction of sp³-hybridized carbons (Fsp3) is 0.154. The van der Waals surface area contributed by atoms with Crippen molar-refractivity contribution < 1.29 is 14.6 Å². The Labute approximate surface area is 109 Å². The van der Waals surface area contributed by atoms with Crippen LogP contribution >= 0.6 is 11.3 Å². The van der Waals surface area contributed by atoms with Crippen molar-refractivity contribution >= 4 is 22.3 Å². The van der Waals surface area contributed by atoms with Crippen LogP contribution in [0.15, 0.2) is 23.6 Å². The minimum absolute atomic E-state index is 0.171. The maximum absolute atomic E-state index is 11.2. The van der Waals surface area contributed by atoms with Gasteiger partial charge in [-0.2, -0.15) is 0 Å². The van der Waals surface area contributed by atoms with Crippen LogP contribution in [0.4, 0.5) is 5.00 Å². The van der Waals surface area contributed by atoms with Gasteiger partial charge in [-0.1, -0.05) is 6.07 Å². The summed E-state index contributed by atoms with van der Waals surface area (Å²) < 4.78 is 5.18. The number of thiophene rings is 1. The number of anilines is 1. The number of carboxylic acid groups (broad SMARTS) is 1. The molecule has 0 spiro atoms. The zero-order chi connectivity index (χ0) is 13.3. The van der Waals surface area contributed by atoms with E-state index in [1.165, 1.54) is 11.3 Å². The average molecular weight is 263 g/mol. The largest absolute Gasteiger partial charge is 0.496 e. The number of aryl methyl sites for hydroxylation is 1. The second kappa shape index (κ2) is 4.70. The number of carbonyl (C=O) groups is 1. The molecule has 0 aliphatic rings. The number of methoxy groups -OCH3 is 1. The Morgan fingerprint density at radius 1 is 1.44 bits per heavy atom. The molecule has 3 N–H and O–H groups in total. The summed E-state index contributed by atoms with van der Waals surface area (Å²) in [5.74, 6) is -0.226. The molecule has 0 radical (unpaired) electrons. The van der Waals surface area contributed by atoms with Crippen LogP contribution in [0.3, 0.4) is 0 Å². The molecule has 1 aromatic carbocycles. The Morgan fingerprint density at radius 2 is 2.17 bits per heavy atom. The molecule has 0 saturated heterocycles. The molecule has 0 aliphatic heterocycles. The van der Waals surface area contributed by atoms with E-state index >= 15 is 0 Å². The molecule has 0 unspecified atom stereocenters. The van der Waals surface area contributed by atoms with Gasteiger partial charge >= 0.3 is 5.97 Å². The van der Waals surface area contributed by atoms with E-state index in [4.69, 9.17) is 15.6 Å². The van der Waals surface area contributed by atoms with Crippen molar-refractivity contribution in [1.29, 1.82) is 0 Å². The van der Waals surface area contributed by atoms with Gasteiger partial charge in [0.1, 0.15) is 16.3 Å². The second-order valence-electron chi connectivity index (χ2n) is 3.88. The molecule has 0 amide bonds. The van der Waals surface area contributed by atoms with E-state index < -0.39 is 5.97 Å². The van der Waals surface area contributed by atoms with E-state index in [0.717, 1.165) is 16.9 Å². The van der Waals surface area contributed by atoms with Crippen molar-refractivity contribution in [3.63, 3.8) is 0 Å². The Kier molecular flexibility index (Phi) is 3.25. The standard InChI is InChI=1S/C13H13NO3S/c1-7-5-8(3-4-10(7)17-2)9-6-18-12(14)11(9)13(15)16/h3-6H,14H2,1-2H3,(H,15,16). The van der Waals surface area contributed by atoms with Crippen molar-refractivity contribution in [2.45, 2.75) is 6.92 Å². The van der Waals surface area contributed by atoms with Gasteiger partial charge in [-0.15, -0.1) is 11.3 Å². The summed E-state index contributed by atoms with van der Waals surface area (Å²) in [6.07, 6.45) is 0. The second-order valence-corrected chi connectivity index (χ2v) is 4.79. The highest BCUT2D eigenvalue weighted by atomic mass is 32.1. The van der Waals surface area contributed by atoms with Crippen LogP contribution in [-0.2, 0) is 0 Å². The maximum atomic E-state index is 11.2. The summed E-state index contributed by atoms with van der Waals surface area (Å²) in [7, 11) is 1.60. The third-order valence-electron chi connectivity index (χ3n) is 2.74. The number of nitrogens with two attached hydrogens (primary N) is 1. The number of benzene rings is 1. The number of carboxylic acids is 1. The van der Waals surface area contributed by atoms with Gasteiger partial charge in [0, 0.05) is 10.9 Å². The molecule has 0 atom stereocenters. The third-order valence-corrected chi connectivity index (χ3v) is 3.55. The molecule has 0 saturated carbocycles. The van der Waals surface area contributed by atoms with Gasteiger partial charge in [-0.25, -0.2) is 4.79 Å². The van der Waals surface area contributed by atoms with Crippen molar-refractivity contribution in [3.8, 4) is 16.9 Å². The molecule has 1 aromatic heterocycles. The maximum Gasteiger partial charge on any atom is 0.339 e. The molecule has 0 aliphatic carbocycles. The first-order chi connectivity index (χ1) is 8.54. The molecule has 2 rings (SSSR count). The van der Waals surface area contributed by atoms with Crippen molar-refractivity contribution in [2.24, 2.45) is 0 Å². The molecule has 1 heterocycles. The lowest BCUT2D eigenvalue weighted by molar-refractivity contribution is 0.0699. The highest BCUT2D eigenvalue weighted by Gasteiger charge is 2.18. The van der Waals surface area contributed by atoms with Crippen LogP contribution in [0.2, 0.25) is 0 Å². The first-order valence-corrected chi connectivity index (χ1v) is 6.17. The molecule has 18 heavy (non-hydrogen) atoms. The molecular weight excluding hydrogens is 250 g/mol. The topological polar surface area (TPSA) is 72.5 Å². The summed E-state index contributed by atoms with van der Waals surface area (Å²) in [5.41, 5.74) is 8.29. The Bertz CT molecular complexity index is 604. The monoisotopic (exact) mass is 263 g/mol. The summed E-state index contributed by atoms with van der Waals surface area (Å²) in [5, 5.41) is 11.3. The van der Waals surface area contributed by atoms with Gasteiger partial charge in [0.15, 0.2) is 0 Å². The van der Waals surface area contributed by atoms with Crippen LogP contribution in [0.1, 0.15) is 15.9 Å². The summed E-state index contributed by atoms with van der Waals surface area (Å²) in [6, 6.07) is 5.55. The number of hydrogen-bond acceptors (Lipinski definition) is 4. The van der Waals surface area contributed by atoms with Gasteiger partial charge in [0.25, 0.3) is 0 Å². The minimum Gasteiger partial charge on any atom is -0.496 e. The number of nitrogen functional groups attached to an aromatic ring is 1. The van der Waals surface area contributed by atoms with Gasteiger partial charge in [-0.3, -0.25) is 0 Å². The first kappa shape index (κ1) is 12.4. The third kappa shape index (κ3) is 2.04. The highest BCUT2D eigenvalue weighted by molar-refractivity contribution is 7.14. The number of rotatable bonds is 3. The van der Waals surface area contributed by atoms with Crippen LogP contribution in [0.5, 0.6) is 5.75 Å². The van der Waals surface area contributed by atoms with Gasteiger partial charge in [0.2, 0.25) is 0 Å². The lowest BCUT2D eigenvalue weighted by Gasteiger charge is -2.07. The normalized spacial score (nSPS) is 10.3. The fourth-order valence-corrected chi connectivity index (χ4v) is 2.67. The highest BCUT2D eigenvalue weighted by Crippen LogP contribution is 2.35. The quantitative estimate of drug-likeness (QED) is 0.892. The molecule has 0 bridgehead atoms. The van der Waals surface area contributed by atoms with Crippen LogP contribution in [-0.4, -0.2) is 18.2 Å². The van der Waals surface area contributed by atoms with Gasteiger partial charge in [-0.05, 0) is 30.2 Å². The molecule has 5 heteroatoms. The minimum atomic E-state index is -1.00. The molecular formula is C13H13NO3S. The summed E-state index contributed by atoms with van der Waals surface area (Å²) >= 11 is 1.24. The Hall–Kier alpha value is -2.01. The average Bonchev–Trinajstić information content (AvgIpc) is 2.71. The lowest BCUT2D eigenvalue weighted by atomic mass is 10.0. The fourth-order valence-electron chi connectivity index (χ4n) is 1.85. The van der Waals surface area contributed by atoms with Crippen LogP contribution < -0.4 is 10.5 Å². The number of hydrogen-bond donors (Lipinski definition) is 2. The van der Waals surface area contributed by atoms with E-state index in [0.29, 0.717) is 10.6 Å². The van der Waals surface area contributed by atoms with E-state index in [9.17, 15) is 4.79 Å². The zero-order valence-corrected chi connectivity index (χ0v) is 10.9. The van der Waals surface area contributed by atoms with E-state index in [2.05, 4.69) is 0 Å². The van der Waals surface area contributed by atoms with E-state index in [1.807, 2.05) is 25.1 Å². The lowest BCUT2D eigenvalue weighted by Crippen LogP contribution is -2.00. The molecule has 4 nitrogen and oxygen atoms in total. The Balaban J connectivity index is 2.56. The predicted molar refractivity (Wildman–Crippen MR) is 72.4 cm³/mol.